The highest BCUT2D eigenvalue weighted by molar-refractivity contribution is 7.99. The molecule has 0 bridgehead atoms. The zero-order valence-corrected chi connectivity index (χ0v) is 21.4. The van der Waals surface area contributed by atoms with E-state index in [-0.39, 0.29) is 36.1 Å². The Kier molecular flexibility index (Phi) is 8.75. The van der Waals surface area contributed by atoms with E-state index >= 15 is 0 Å². The first-order chi connectivity index (χ1) is 17.0. The van der Waals surface area contributed by atoms with Crippen molar-refractivity contribution in [1.82, 2.24) is 19.7 Å². The monoisotopic (exact) mass is 515 g/mol. The summed E-state index contributed by atoms with van der Waals surface area (Å²) in [5.74, 6) is 0.958. The lowest BCUT2D eigenvalue weighted by atomic mass is 9.95. The van der Waals surface area contributed by atoms with Crippen molar-refractivity contribution in [3.8, 4) is 5.75 Å². The summed E-state index contributed by atoms with van der Waals surface area (Å²) in [5.41, 5.74) is 0.189. The third-order valence-electron chi connectivity index (χ3n) is 5.62. The van der Waals surface area contributed by atoms with Crippen molar-refractivity contribution in [2.24, 2.45) is 0 Å². The van der Waals surface area contributed by atoms with E-state index in [1.54, 1.807) is 12.3 Å². The fourth-order valence-corrected chi connectivity index (χ4v) is 5.53. The third-order valence-corrected chi connectivity index (χ3v) is 7.32. The predicted octanol–water partition coefficient (Wildman–Crippen LogP) is 5.29. The highest BCUT2D eigenvalue weighted by atomic mass is 32.2. The smallest absolute Gasteiger partial charge is 0.357 e. The molecule has 1 fully saturated rings. The summed E-state index contributed by atoms with van der Waals surface area (Å²) in [6.45, 7) is 3.98. The molecule has 1 aliphatic rings. The van der Waals surface area contributed by atoms with E-state index in [2.05, 4.69) is 25.1 Å². The molecule has 2 heterocycles. The normalized spacial score (nSPS) is 14.9. The fraction of sp³-hybridized carbons (Fsp3) is 0.458. The van der Waals surface area contributed by atoms with Crippen molar-refractivity contribution < 1.29 is 19.1 Å². The summed E-state index contributed by atoms with van der Waals surface area (Å²) in [6.07, 6.45) is 5.38. The lowest BCUT2D eigenvalue weighted by Crippen LogP contribution is -2.20. The summed E-state index contributed by atoms with van der Waals surface area (Å²) in [7, 11) is 0. The number of thioether (sulfide) groups is 1. The van der Waals surface area contributed by atoms with Gasteiger partial charge in [0.05, 0.1) is 12.4 Å². The Hall–Kier alpha value is -2.92. The van der Waals surface area contributed by atoms with E-state index in [0.717, 1.165) is 37.3 Å². The Balaban J connectivity index is 1.44. The molecule has 11 heteroatoms. The molecule has 1 atom stereocenters. The first-order valence-electron chi connectivity index (χ1n) is 11.8. The number of para-hydroxylation sites is 1. The second-order valence-corrected chi connectivity index (χ2v) is 9.97. The molecular formula is C24H29N5O4S2. The van der Waals surface area contributed by atoms with Gasteiger partial charge in [-0.2, -0.15) is 0 Å². The molecule has 1 N–H and O–H groups in total. The molecule has 4 rings (SSSR count). The number of carbonyl (C=O) groups is 2. The number of esters is 1. The van der Waals surface area contributed by atoms with Gasteiger partial charge < -0.3 is 14.8 Å². The van der Waals surface area contributed by atoms with Gasteiger partial charge in [-0.1, -0.05) is 49.2 Å². The van der Waals surface area contributed by atoms with Crippen LogP contribution in [0.3, 0.4) is 0 Å². The molecule has 1 aromatic carbocycles. The zero-order valence-electron chi connectivity index (χ0n) is 19.8. The minimum atomic E-state index is -0.501. The Morgan fingerprint density at radius 1 is 1.20 bits per heavy atom. The average molecular weight is 516 g/mol. The zero-order chi connectivity index (χ0) is 24.6. The van der Waals surface area contributed by atoms with E-state index in [1.165, 1.54) is 29.5 Å². The molecule has 0 spiro atoms. The van der Waals surface area contributed by atoms with Gasteiger partial charge in [-0.15, -0.1) is 21.5 Å². The van der Waals surface area contributed by atoms with E-state index in [0.29, 0.717) is 10.3 Å². The van der Waals surface area contributed by atoms with Crippen molar-refractivity contribution in [3.05, 3.63) is 47.2 Å². The van der Waals surface area contributed by atoms with Crippen molar-refractivity contribution in [2.45, 2.75) is 63.3 Å². The van der Waals surface area contributed by atoms with Crippen LogP contribution in [0.4, 0.5) is 5.13 Å². The molecule has 3 aromatic rings. The van der Waals surface area contributed by atoms with Crippen LogP contribution in [-0.2, 0) is 9.53 Å². The lowest BCUT2D eigenvalue weighted by molar-refractivity contribution is -0.113. The highest BCUT2D eigenvalue weighted by Crippen LogP contribution is 2.35. The summed E-state index contributed by atoms with van der Waals surface area (Å²) >= 11 is 2.53. The van der Waals surface area contributed by atoms with Gasteiger partial charge in [-0.3, -0.25) is 9.36 Å². The Morgan fingerprint density at radius 3 is 2.71 bits per heavy atom. The number of nitrogens with zero attached hydrogens (tertiary/aromatic N) is 4. The fourth-order valence-electron chi connectivity index (χ4n) is 4.02. The summed E-state index contributed by atoms with van der Waals surface area (Å²) < 4.78 is 13.2. The van der Waals surface area contributed by atoms with Gasteiger partial charge >= 0.3 is 5.97 Å². The molecule has 2 aromatic heterocycles. The number of hydrogen-bond donors (Lipinski definition) is 1. The van der Waals surface area contributed by atoms with Crippen LogP contribution in [0.2, 0.25) is 0 Å². The van der Waals surface area contributed by atoms with Gasteiger partial charge in [0.15, 0.2) is 27.9 Å². The van der Waals surface area contributed by atoms with Crippen molar-refractivity contribution in [2.75, 3.05) is 17.7 Å². The average Bonchev–Trinajstić information content (AvgIpc) is 3.51. The number of nitrogens with one attached hydrogen (secondary N) is 1. The van der Waals surface area contributed by atoms with E-state index in [9.17, 15) is 9.59 Å². The number of anilines is 1. The minimum Gasteiger partial charge on any atom is -0.483 e. The van der Waals surface area contributed by atoms with Crippen molar-refractivity contribution in [1.29, 1.82) is 0 Å². The number of ether oxygens (including phenoxy) is 2. The van der Waals surface area contributed by atoms with Crippen LogP contribution in [0.15, 0.2) is 40.9 Å². The maximum absolute atomic E-state index is 12.6. The summed E-state index contributed by atoms with van der Waals surface area (Å²) in [4.78, 5) is 28.5. The number of carbonyl (C=O) groups excluding carboxylic acids is 2. The topological polar surface area (TPSA) is 108 Å². The maximum atomic E-state index is 12.6. The number of rotatable bonds is 10. The maximum Gasteiger partial charge on any atom is 0.357 e. The van der Waals surface area contributed by atoms with Crippen molar-refractivity contribution >= 4 is 40.1 Å². The van der Waals surface area contributed by atoms with Gasteiger partial charge in [-0.05, 0) is 38.8 Å². The van der Waals surface area contributed by atoms with E-state index < -0.39 is 5.97 Å². The number of amides is 1. The molecule has 1 saturated carbocycles. The van der Waals surface area contributed by atoms with Crippen LogP contribution < -0.4 is 10.1 Å². The van der Waals surface area contributed by atoms with Gasteiger partial charge in [0, 0.05) is 11.4 Å². The van der Waals surface area contributed by atoms with Gasteiger partial charge in [0.1, 0.15) is 5.75 Å². The van der Waals surface area contributed by atoms with Gasteiger partial charge in [0.2, 0.25) is 5.91 Å². The van der Waals surface area contributed by atoms with Gasteiger partial charge in [0.25, 0.3) is 0 Å². The molecule has 0 aliphatic heterocycles. The molecule has 186 valence electrons. The van der Waals surface area contributed by atoms with E-state index in [4.69, 9.17) is 9.47 Å². The largest absolute Gasteiger partial charge is 0.483 e. The second kappa shape index (κ2) is 12.2. The number of benzene rings is 1. The molecule has 0 saturated heterocycles. The number of thiazole rings is 1. The molecular weight excluding hydrogens is 486 g/mol. The van der Waals surface area contributed by atoms with Crippen LogP contribution in [-0.4, -0.2) is 44.0 Å². The summed E-state index contributed by atoms with van der Waals surface area (Å²) in [5, 5.41) is 14.3. The van der Waals surface area contributed by atoms with Crippen LogP contribution in [0.25, 0.3) is 0 Å². The standard InChI is InChI=1S/C24H29N5O4S2/c1-3-32-22(31)19-14-34-23(25-19)26-20(30)15-35-24-28-27-21(29(24)17-10-6-4-7-11-17)16(2)33-18-12-8-5-9-13-18/h5,8-9,12-14,16-17H,3-4,6-7,10-11,15H2,1-2H3,(H,25,26,30). The Bertz CT molecular complexity index is 1130. The first kappa shape index (κ1) is 25.2. The molecule has 1 amide bonds. The number of hydrogen-bond acceptors (Lipinski definition) is 9. The second-order valence-electron chi connectivity index (χ2n) is 8.17. The molecule has 9 nitrogen and oxygen atoms in total. The first-order valence-corrected chi connectivity index (χ1v) is 13.6. The SMILES string of the molecule is CCOC(=O)c1csc(NC(=O)CSc2nnc(C(C)Oc3ccccc3)n2C2CCCCC2)n1. The molecule has 1 aliphatic carbocycles. The van der Waals surface area contributed by atoms with Crippen LogP contribution in [0.1, 0.15) is 74.4 Å². The third kappa shape index (κ3) is 6.61. The Labute approximate surface area is 212 Å². The van der Waals surface area contributed by atoms with Crippen molar-refractivity contribution in [3.63, 3.8) is 0 Å². The highest BCUT2D eigenvalue weighted by Gasteiger charge is 2.27. The molecule has 35 heavy (non-hydrogen) atoms. The minimum absolute atomic E-state index is 0.146. The molecule has 1 unspecified atom stereocenters. The van der Waals surface area contributed by atoms with Crippen LogP contribution in [0, 0.1) is 0 Å². The molecule has 0 radical (unpaired) electrons. The van der Waals surface area contributed by atoms with E-state index in [1.807, 2.05) is 37.3 Å². The van der Waals surface area contributed by atoms with Crippen LogP contribution >= 0.6 is 23.1 Å². The number of aromatic nitrogens is 4. The predicted molar refractivity (Wildman–Crippen MR) is 135 cm³/mol. The lowest BCUT2D eigenvalue weighted by Gasteiger charge is -2.27. The Morgan fingerprint density at radius 2 is 1.97 bits per heavy atom. The van der Waals surface area contributed by atoms with Crippen LogP contribution in [0.5, 0.6) is 5.75 Å². The van der Waals surface area contributed by atoms with Gasteiger partial charge in [-0.25, -0.2) is 9.78 Å². The summed E-state index contributed by atoms with van der Waals surface area (Å²) in [6, 6.07) is 9.95. The quantitative estimate of drug-likeness (QED) is 0.287.